The van der Waals surface area contributed by atoms with Crippen LogP contribution in [0.4, 0.5) is 0 Å². The number of fused-ring (bicyclic) bond motifs is 10. The second-order valence-electron chi connectivity index (χ2n) is 5.56. The van der Waals surface area contributed by atoms with E-state index in [1.807, 2.05) is 0 Å². The first-order chi connectivity index (χ1) is 8.25. The number of carbonyl (C=O) groups excluding carboxylic acids is 1. The van der Waals surface area contributed by atoms with Crippen LogP contribution in [0.5, 0.6) is 0 Å². The molecule has 3 saturated heterocycles. The van der Waals surface area contributed by atoms with Crippen LogP contribution in [-0.2, 0) is 9.53 Å². The average Bonchev–Trinajstić information content (AvgIpc) is 2.32. The summed E-state index contributed by atoms with van der Waals surface area (Å²) in [6, 6.07) is 0.958. The lowest BCUT2D eigenvalue weighted by atomic mass is 9.93. The minimum atomic E-state index is 0. The lowest BCUT2D eigenvalue weighted by molar-refractivity contribution is -0.152. The molecular weight excluding hydrogens is 250 g/mol. The van der Waals surface area contributed by atoms with Crippen molar-refractivity contribution in [2.75, 3.05) is 0 Å². The van der Waals surface area contributed by atoms with Gasteiger partial charge in [-0.25, -0.2) is 0 Å². The lowest BCUT2D eigenvalue weighted by Crippen LogP contribution is -2.50. The second kappa shape index (κ2) is 8.00. The molecule has 0 spiro atoms. The average molecular weight is 276 g/mol. The summed E-state index contributed by atoms with van der Waals surface area (Å²) in [6.07, 6.45) is 10.2. The molecule has 3 aliphatic heterocycles. The van der Waals surface area contributed by atoms with Gasteiger partial charge in [0.05, 0.1) is 0 Å². The molecule has 2 bridgehead atoms. The topological polar surface area (TPSA) is 38.3 Å². The summed E-state index contributed by atoms with van der Waals surface area (Å²) in [7, 11) is 0. The summed E-state index contributed by atoms with van der Waals surface area (Å²) >= 11 is 0. The molecule has 3 rings (SSSR count). The monoisotopic (exact) mass is 275 g/mol. The molecule has 3 unspecified atom stereocenters. The highest BCUT2D eigenvalue weighted by molar-refractivity contribution is 5.85. The van der Waals surface area contributed by atoms with Crippen molar-refractivity contribution >= 4 is 18.4 Å². The van der Waals surface area contributed by atoms with Crippen molar-refractivity contribution in [3.8, 4) is 0 Å². The van der Waals surface area contributed by atoms with Gasteiger partial charge in [-0.15, -0.1) is 12.4 Å². The van der Waals surface area contributed by atoms with Gasteiger partial charge in [-0.1, -0.05) is 25.7 Å². The van der Waals surface area contributed by atoms with Crippen molar-refractivity contribution in [3.05, 3.63) is 0 Å². The molecule has 0 aromatic carbocycles. The summed E-state index contributed by atoms with van der Waals surface area (Å²) in [6.45, 7) is 2.14. The molecule has 3 aliphatic rings. The molecule has 0 aliphatic carbocycles. The first-order valence-electron chi connectivity index (χ1n) is 7.21. The maximum atomic E-state index is 11.7. The van der Waals surface area contributed by atoms with E-state index < -0.39 is 0 Å². The van der Waals surface area contributed by atoms with Crippen molar-refractivity contribution in [3.63, 3.8) is 0 Å². The molecule has 106 valence electrons. The van der Waals surface area contributed by atoms with Crippen LogP contribution in [0.15, 0.2) is 0 Å². The number of hydrogen-bond donors (Lipinski definition) is 1. The van der Waals surface area contributed by atoms with Gasteiger partial charge in [-0.2, -0.15) is 0 Å². The van der Waals surface area contributed by atoms with E-state index in [0.717, 1.165) is 19.3 Å². The van der Waals surface area contributed by atoms with Crippen LogP contribution in [0.3, 0.4) is 0 Å². The summed E-state index contributed by atoms with van der Waals surface area (Å²) in [5.74, 6) is 0.00125. The smallest absolute Gasteiger partial charge is 0.306 e. The molecule has 4 heteroatoms. The van der Waals surface area contributed by atoms with E-state index in [0.29, 0.717) is 18.5 Å². The molecular formula is C14H26ClNO2. The van der Waals surface area contributed by atoms with E-state index in [1.54, 1.807) is 0 Å². The Morgan fingerprint density at radius 2 is 1.78 bits per heavy atom. The van der Waals surface area contributed by atoms with Crippen molar-refractivity contribution in [1.29, 1.82) is 0 Å². The number of rotatable bonds is 0. The lowest BCUT2D eigenvalue weighted by Gasteiger charge is -2.35. The van der Waals surface area contributed by atoms with Gasteiger partial charge in [-0.05, 0) is 32.6 Å². The molecule has 3 atom stereocenters. The largest absolute Gasteiger partial charge is 0.461 e. The number of ether oxygens (including phenoxy) is 1. The Kier molecular flexibility index (Phi) is 7.02. The van der Waals surface area contributed by atoms with Crippen molar-refractivity contribution < 1.29 is 9.53 Å². The summed E-state index contributed by atoms with van der Waals surface area (Å²) in [5.41, 5.74) is 0. The van der Waals surface area contributed by atoms with Gasteiger partial charge in [0.1, 0.15) is 6.10 Å². The third-order valence-electron chi connectivity index (χ3n) is 4.07. The third-order valence-corrected chi connectivity index (χ3v) is 4.07. The summed E-state index contributed by atoms with van der Waals surface area (Å²) in [5, 5.41) is 3.60. The normalized spacial score (nSPS) is 34.5. The minimum Gasteiger partial charge on any atom is -0.461 e. The van der Waals surface area contributed by atoms with Gasteiger partial charge < -0.3 is 10.1 Å². The Bertz CT molecular complexity index is 260. The standard InChI is InChI=1S/C14H25NO2.ClH/c1-11-13-10-9-12(15-11)7-5-3-2-4-6-8-14(16)17-13;/h11-13,15H,2-10H2,1H3;1H. The van der Waals surface area contributed by atoms with Gasteiger partial charge in [-0.3, -0.25) is 4.79 Å². The Hall–Kier alpha value is -0.280. The predicted molar refractivity (Wildman–Crippen MR) is 75.1 cm³/mol. The van der Waals surface area contributed by atoms with Crippen LogP contribution in [-0.4, -0.2) is 24.2 Å². The Morgan fingerprint density at radius 3 is 2.56 bits per heavy atom. The highest BCUT2D eigenvalue weighted by Crippen LogP contribution is 2.22. The Morgan fingerprint density at radius 1 is 1.06 bits per heavy atom. The molecule has 0 saturated carbocycles. The molecule has 0 aromatic rings. The third kappa shape index (κ3) is 4.77. The number of piperidine rings is 1. The first kappa shape index (κ1) is 15.8. The van der Waals surface area contributed by atoms with Crippen LogP contribution in [0.25, 0.3) is 0 Å². The fourth-order valence-electron chi connectivity index (χ4n) is 2.98. The van der Waals surface area contributed by atoms with Crippen molar-refractivity contribution in [2.24, 2.45) is 0 Å². The van der Waals surface area contributed by atoms with Crippen LogP contribution in [0.1, 0.15) is 64.7 Å². The zero-order valence-electron chi connectivity index (χ0n) is 11.3. The first-order valence-corrected chi connectivity index (χ1v) is 7.21. The van der Waals surface area contributed by atoms with E-state index in [1.165, 1.54) is 32.1 Å². The van der Waals surface area contributed by atoms with Crippen LogP contribution < -0.4 is 5.32 Å². The number of nitrogens with one attached hydrogen (secondary N) is 1. The van der Waals surface area contributed by atoms with Crippen molar-refractivity contribution in [1.82, 2.24) is 5.32 Å². The number of esters is 1. The van der Waals surface area contributed by atoms with Crippen LogP contribution in [0.2, 0.25) is 0 Å². The second-order valence-corrected chi connectivity index (χ2v) is 5.56. The van der Waals surface area contributed by atoms with Gasteiger partial charge in [0.25, 0.3) is 0 Å². The summed E-state index contributed by atoms with van der Waals surface area (Å²) < 4.78 is 5.56. The highest BCUT2D eigenvalue weighted by atomic mass is 35.5. The predicted octanol–water partition coefficient (Wildman–Crippen LogP) is 3.20. The van der Waals surface area contributed by atoms with Crippen molar-refractivity contribution in [2.45, 2.75) is 82.9 Å². The fourth-order valence-corrected chi connectivity index (χ4v) is 2.98. The van der Waals surface area contributed by atoms with Gasteiger partial charge in [0, 0.05) is 18.5 Å². The SMILES string of the molecule is CC1NC2CCCCCCCC(=O)OC1CC2.Cl. The molecule has 3 heterocycles. The van der Waals surface area contributed by atoms with Gasteiger partial charge in [0.2, 0.25) is 0 Å². The maximum absolute atomic E-state index is 11.7. The van der Waals surface area contributed by atoms with E-state index in [4.69, 9.17) is 4.74 Å². The van der Waals surface area contributed by atoms with E-state index >= 15 is 0 Å². The molecule has 0 amide bonds. The molecule has 1 N–H and O–H groups in total. The maximum Gasteiger partial charge on any atom is 0.306 e. The Labute approximate surface area is 116 Å². The highest BCUT2D eigenvalue weighted by Gasteiger charge is 2.29. The summed E-state index contributed by atoms with van der Waals surface area (Å²) in [4.78, 5) is 11.7. The molecule has 0 aromatic heterocycles. The van der Waals surface area contributed by atoms with Gasteiger partial charge in [0.15, 0.2) is 0 Å². The molecule has 18 heavy (non-hydrogen) atoms. The van der Waals surface area contributed by atoms with E-state index in [2.05, 4.69) is 12.2 Å². The fraction of sp³-hybridized carbons (Fsp3) is 0.929. The zero-order valence-corrected chi connectivity index (χ0v) is 12.1. The van der Waals surface area contributed by atoms with Gasteiger partial charge >= 0.3 is 5.97 Å². The number of halogens is 1. The van der Waals surface area contributed by atoms with E-state index in [9.17, 15) is 4.79 Å². The zero-order chi connectivity index (χ0) is 12.1. The van der Waals surface area contributed by atoms with Crippen LogP contribution >= 0.6 is 12.4 Å². The minimum absolute atomic E-state index is 0. The molecule has 3 fully saturated rings. The van der Waals surface area contributed by atoms with Crippen LogP contribution in [0, 0.1) is 0 Å². The molecule has 0 radical (unpaired) electrons. The molecule has 3 nitrogen and oxygen atoms in total. The Balaban J connectivity index is 0.00000162. The van der Waals surface area contributed by atoms with E-state index in [-0.39, 0.29) is 24.5 Å². The number of carbonyl (C=O) groups is 1. The quantitative estimate of drug-likeness (QED) is 0.690. The number of hydrogen-bond acceptors (Lipinski definition) is 3.